The topological polar surface area (TPSA) is 91.3 Å². The van der Waals surface area contributed by atoms with Crippen molar-refractivity contribution in [3.05, 3.63) is 72.9 Å². The van der Waals surface area contributed by atoms with Gasteiger partial charge in [0.25, 0.3) is 0 Å². The first-order valence-corrected chi connectivity index (χ1v) is 23.2. The minimum absolute atomic E-state index is 0.0727. The third-order valence-corrected chi connectivity index (χ3v) is 9.78. The Morgan fingerprint density at radius 3 is 1.47 bits per heavy atom. The summed E-state index contributed by atoms with van der Waals surface area (Å²) in [4.78, 5) is 22.8. The van der Waals surface area contributed by atoms with E-state index in [0.717, 1.165) is 51.4 Å². The van der Waals surface area contributed by atoms with E-state index in [1.807, 2.05) is 33.3 Å². The third kappa shape index (κ3) is 42.9. The van der Waals surface area contributed by atoms with Crippen molar-refractivity contribution in [2.75, 3.05) is 54.1 Å². The summed E-state index contributed by atoms with van der Waals surface area (Å²) in [7, 11) is 1.61. The van der Waals surface area contributed by atoms with Crippen molar-refractivity contribution in [1.82, 2.24) is 0 Å². The van der Waals surface area contributed by atoms with Gasteiger partial charge in [-0.15, -0.1) is 0 Å². The second-order valence-electron chi connectivity index (χ2n) is 15.3. The summed E-state index contributed by atoms with van der Waals surface area (Å²) in [6.07, 6.45) is 49.5. The number of hydrogen-bond donors (Lipinski definition) is 1. The Bertz CT molecular complexity index is 1110. The van der Waals surface area contributed by atoms with Crippen molar-refractivity contribution in [2.24, 2.45) is 0 Å². The fourth-order valence-electron chi connectivity index (χ4n) is 5.46. The maximum atomic E-state index is 12.7. The van der Waals surface area contributed by atoms with Gasteiger partial charge in [-0.1, -0.05) is 170 Å². The Kier molecular flexibility index (Phi) is 37.3. The van der Waals surface area contributed by atoms with Crippen LogP contribution in [0.15, 0.2) is 72.9 Å². The molecule has 0 heterocycles. The highest BCUT2D eigenvalue weighted by molar-refractivity contribution is 7.47. The van der Waals surface area contributed by atoms with Crippen LogP contribution in [0.25, 0.3) is 0 Å². The number of rotatable bonds is 39. The fraction of sp³-hybridized carbons (Fsp3) is 0.717. The number of phosphoric ester groups is 1. The molecule has 0 bridgehead atoms. The monoisotopic (exact) mass is 793 g/mol. The average Bonchev–Trinajstić information content (AvgIpc) is 3.13. The molecule has 0 saturated heterocycles. The lowest BCUT2D eigenvalue weighted by Gasteiger charge is -2.24. The Labute approximate surface area is 338 Å². The molecule has 1 N–H and O–H groups in total. The first kappa shape index (κ1) is 52.9. The Hall–Kier alpha value is -2.06. The number of carbonyl (C=O) groups is 1. The van der Waals surface area contributed by atoms with Crippen LogP contribution in [0, 0.1) is 0 Å². The molecule has 0 aromatic rings. The van der Waals surface area contributed by atoms with E-state index >= 15 is 0 Å². The van der Waals surface area contributed by atoms with Gasteiger partial charge in [-0.25, -0.2) is 4.57 Å². The zero-order chi connectivity index (χ0) is 40.6. The van der Waals surface area contributed by atoms with Crippen molar-refractivity contribution < 1.29 is 37.3 Å². The van der Waals surface area contributed by atoms with E-state index in [4.69, 9.17) is 18.5 Å². The van der Waals surface area contributed by atoms with Crippen molar-refractivity contribution >= 4 is 13.8 Å². The van der Waals surface area contributed by atoms with Crippen LogP contribution in [0.3, 0.4) is 0 Å². The van der Waals surface area contributed by atoms with Gasteiger partial charge in [-0.05, 0) is 51.4 Å². The van der Waals surface area contributed by atoms with Gasteiger partial charge in [-0.2, -0.15) is 0 Å². The Balaban J connectivity index is 4.39. The van der Waals surface area contributed by atoms with Crippen molar-refractivity contribution in [2.45, 2.75) is 161 Å². The summed E-state index contributed by atoms with van der Waals surface area (Å²) in [6, 6.07) is 0. The summed E-state index contributed by atoms with van der Waals surface area (Å²) >= 11 is 0. The number of nitrogens with zero attached hydrogens (tertiary/aromatic N) is 1. The molecule has 0 spiro atoms. The molecule has 55 heavy (non-hydrogen) atoms. The number of likely N-dealkylation sites (N-methyl/N-ethyl adjacent to an activating group) is 1. The van der Waals surface area contributed by atoms with Gasteiger partial charge in [0.2, 0.25) is 0 Å². The number of esters is 1. The Morgan fingerprint density at radius 1 is 0.582 bits per heavy atom. The maximum Gasteiger partial charge on any atom is 0.472 e. The van der Waals surface area contributed by atoms with Crippen LogP contribution in [-0.2, 0) is 27.9 Å². The zero-order valence-corrected chi connectivity index (χ0v) is 36.8. The van der Waals surface area contributed by atoms with Crippen LogP contribution in [0.1, 0.15) is 155 Å². The lowest BCUT2D eigenvalue weighted by molar-refractivity contribution is -0.870. The molecule has 0 rings (SSSR count). The molecule has 9 heteroatoms. The zero-order valence-electron chi connectivity index (χ0n) is 35.9. The van der Waals surface area contributed by atoms with Gasteiger partial charge in [0.1, 0.15) is 19.3 Å². The van der Waals surface area contributed by atoms with Crippen LogP contribution in [0.5, 0.6) is 0 Å². The molecule has 0 aromatic carbocycles. The van der Waals surface area contributed by atoms with Crippen molar-refractivity contribution in [3.8, 4) is 0 Å². The fourth-order valence-corrected chi connectivity index (χ4v) is 6.20. The lowest BCUT2D eigenvalue weighted by atomic mass is 10.0. The van der Waals surface area contributed by atoms with E-state index in [1.165, 1.54) is 77.0 Å². The van der Waals surface area contributed by atoms with Gasteiger partial charge in [0.15, 0.2) is 0 Å². The van der Waals surface area contributed by atoms with Gasteiger partial charge >= 0.3 is 13.8 Å². The van der Waals surface area contributed by atoms with Crippen LogP contribution in [0.2, 0.25) is 0 Å². The van der Waals surface area contributed by atoms with Crippen LogP contribution in [0.4, 0.5) is 0 Å². The minimum atomic E-state index is -4.30. The maximum absolute atomic E-state index is 12.7. The average molecular weight is 793 g/mol. The van der Waals surface area contributed by atoms with E-state index in [-0.39, 0.29) is 26.2 Å². The van der Waals surface area contributed by atoms with Gasteiger partial charge in [-0.3, -0.25) is 13.8 Å². The normalized spacial score (nSPS) is 14.5. The molecule has 1 unspecified atom stereocenters. The summed E-state index contributed by atoms with van der Waals surface area (Å²) in [5, 5.41) is 0. The number of ether oxygens (including phenoxy) is 2. The summed E-state index contributed by atoms with van der Waals surface area (Å²) in [5.74, 6) is -0.396. The molecule has 0 aromatic heterocycles. The third-order valence-electron chi connectivity index (χ3n) is 8.80. The number of allylic oxidation sites excluding steroid dienone is 12. The number of quaternary nitrogens is 1. The molecular formula is C46H83NO7P+. The van der Waals surface area contributed by atoms with E-state index in [0.29, 0.717) is 24.1 Å². The highest BCUT2D eigenvalue weighted by Gasteiger charge is 2.26. The number of phosphoric acid groups is 1. The van der Waals surface area contributed by atoms with Gasteiger partial charge < -0.3 is 18.9 Å². The van der Waals surface area contributed by atoms with Crippen molar-refractivity contribution in [1.29, 1.82) is 0 Å². The number of carbonyl (C=O) groups excluding carboxylic acids is 1. The summed E-state index contributed by atoms with van der Waals surface area (Å²) < 4.78 is 34.9. The quantitative estimate of drug-likeness (QED) is 0.0218. The van der Waals surface area contributed by atoms with E-state index < -0.39 is 19.9 Å². The number of unbranched alkanes of at least 4 members (excludes halogenated alkanes) is 13. The van der Waals surface area contributed by atoms with Crippen LogP contribution < -0.4 is 0 Å². The number of hydrogen-bond acceptors (Lipinski definition) is 6. The highest BCUT2D eigenvalue weighted by atomic mass is 31.2. The highest BCUT2D eigenvalue weighted by Crippen LogP contribution is 2.43. The minimum Gasteiger partial charge on any atom is -0.457 e. The second kappa shape index (κ2) is 38.8. The molecule has 0 aliphatic rings. The molecule has 0 fully saturated rings. The molecule has 0 amide bonds. The van der Waals surface area contributed by atoms with Crippen LogP contribution in [-0.4, -0.2) is 75.6 Å². The second-order valence-corrected chi connectivity index (χ2v) is 16.8. The smallest absolute Gasteiger partial charge is 0.457 e. The van der Waals surface area contributed by atoms with E-state index in [2.05, 4.69) is 74.6 Å². The first-order valence-electron chi connectivity index (χ1n) is 21.7. The first-order chi connectivity index (χ1) is 26.6. The molecule has 0 radical (unpaired) electrons. The van der Waals surface area contributed by atoms with Gasteiger partial charge in [0, 0.05) is 13.0 Å². The lowest BCUT2D eigenvalue weighted by Crippen LogP contribution is -2.37. The standard InChI is InChI=1S/C46H82NO7P/c1-6-8-10-12-14-16-18-20-22-23-24-25-26-27-29-31-33-35-37-39-46(48)54-45(44-53-55(49,50)52-42-40-47(3,4)5)43-51-41-38-36-34-32-30-28-21-19-17-15-13-11-9-7-2/h8,10,14,16,20,22,24-25,27,29,33,35,45H,6-7,9,11-13,15,17-19,21,23,26,28,30-32,34,36-44H2,1-5H3/p+1/b10-8-,16-14-,22-20+,25-24-,29-27-,35-33-/t45-/m1/s1. The SMILES string of the molecule is CC/C=C\C/C=C\C/C=C/C/C=C\C/C=C\C/C=C\CCC(=O)O[C@H](COCCCCCCCCCCCCCCCC)COP(=O)(O)OCC[N+](C)(C)C. The molecule has 8 nitrogen and oxygen atoms in total. The predicted octanol–water partition coefficient (Wildman–Crippen LogP) is 12.7. The summed E-state index contributed by atoms with van der Waals surface area (Å²) in [6.45, 7) is 5.40. The van der Waals surface area contributed by atoms with Crippen LogP contribution >= 0.6 is 7.82 Å². The molecule has 0 aliphatic carbocycles. The Morgan fingerprint density at radius 2 is 1.02 bits per heavy atom. The van der Waals surface area contributed by atoms with E-state index in [9.17, 15) is 14.3 Å². The molecule has 2 atom stereocenters. The summed E-state index contributed by atoms with van der Waals surface area (Å²) in [5.41, 5.74) is 0. The van der Waals surface area contributed by atoms with Crippen molar-refractivity contribution in [3.63, 3.8) is 0 Å². The molecule has 0 aliphatic heterocycles. The molecule has 318 valence electrons. The van der Waals surface area contributed by atoms with Gasteiger partial charge in [0.05, 0.1) is 34.4 Å². The predicted molar refractivity (Wildman–Crippen MR) is 233 cm³/mol. The van der Waals surface area contributed by atoms with E-state index in [1.54, 1.807) is 0 Å². The molecule has 0 saturated carbocycles. The largest absolute Gasteiger partial charge is 0.472 e. The molecular weight excluding hydrogens is 709 g/mol.